The zero-order chi connectivity index (χ0) is 25.4. The number of hydrogen-bond acceptors (Lipinski definition) is 4. The molecule has 2 aromatic carbocycles. The van der Waals surface area contributed by atoms with E-state index < -0.39 is 17.4 Å². The van der Waals surface area contributed by atoms with Crippen molar-refractivity contribution in [3.63, 3.8) is 0 Å². The molecule has 2 aromatic heterocycles. The van der Waals surface area contributed by atoms with Crippen LogP contribution in [0.4, 0.5) is 4.39 Å². The van der Waals surface area contributed by atoms with E-state index in [9.17, 15) is 14.0 Å². The molecule has 4 aromatic rings. The zero-order valence-corrected chi connectivity index (χ0v) is 21.1. The minimum absolute atomic E-state index is 0.00138. The third kappa shape index (κ3) is 4.41. The van der Waals surface area contributed by atoms with Gasteiger partial charge in [0.1, 0.15) is 38.3 Å². The van der Waals surface area contributed by atoms with E-state index in [1.165, 1.54) is 30.9 Å². The number of methoxy groups -OCH3 is 2. The molecule has 0 spiro atoms. The molecule has 0 bridgehead atoms. The Morgan fingerprint density at radius 1 is 0.886 bits per heavy atom. The van der Waals surface area contributed by atoms with Gasteiger partial charge in [-0.3, -0.25) is 14.2 Å². The smallest absolute Gasteiger partial charge is 0.215 e. The van der Waals surface area contributed by atoms with E-state index in [4.69, 9.17) is 55.9 Å². The van der Waals surface area contributed by atoms with E-state index >= 15 is 0 Å². The maximum atomic E-state index is 13.7. The molecular formula is C24H15Cl4FN2O4. The maximum Gasteiger partial charge on any atom is 0.215 e. The summed E-state index contributed by atoms with van der Waals surface area (Å²) in [5, 5.41) is -0.208. The Morgan fingerprint density at radius 3 is 2.23 bits per heavy atom. The average Bonchev–Trinajstić information content (AvgIpc) is 3.32. The summed E-state index contributed by atoms with van der Waals surface area (Å²) in [6.07, 6.45) is 0. The van der Waals surface area contributed by atoms with Gasteiger partial charge in [0.15, 0.2) is 0 Å². The van der Waals surface area contributed by atoms with Gasteiger partial charge in [-0.1, -0.05) is 58.5 Å². The fraction of sp³-hybridized carbons (Fsp3) is 0.0833. The summed E-state index contributed by atoms with van der Waals surface area (Å²) in [4.78, 5) is 29.8. The number of nitrogens with one attached hydrogen (secondary N) is 1. The zero-order valence-electron chi connectivity index (χ0n) is 18.1. The SMILES string of the molecule is COc1ccccc1C(=O)c1[nH]c(Cl)c(Cl)c1-n1c(C(=O)c2ccc(F)cc2OC)cc(Cl)c1Cl. The molecule has 11 heteroatoms. The molecule has 0 amide bonds. The highest BCUT2D eigenvalue weighted by atomic mass is 35.5. The van der Waals surface area contributed by atoms with Gasteiger partial charge in [-0.05, 0) is 30.3 Å². The average molecular weight is 556 g/mol. The monoisotopic (exact) mass is 554 g/mol. The number of halogens is 5. The lowest BCUT2D eigenvalue weighted by Crippen LogP contribution is -2.14. The van der Waals surface area contributed by atoms with E-state index in [-0.39, 0.29) is 54.3 Å². The lowest BCUT2D eigenvalue weighted by atomic mass is 10.1. The first-order valence-electron chi connectivity index (χ1n) is 9.89. The minimum atomic E-state index is -0.611. The van der Waals surface area contributed by atoms with Gasteiger partial charge in [0.2, 0.25) is 11.6 Å². The second-order valence-electron chi connectivity index (χ2n) is 7.18. The Morgan fingerprint density at radius 2 is 1.54 bits per heavy atom. The summed E-state index contributed by atoms with van der Waals surface area (Å²) in [5.74, 6) is -1.41. The predicted octanol–water partition coefficient (Wildman–Crippen LogP) is 7.04. The Hall–Kier alpha value is -2.97. The molecule has 0 aliphatic heterocycles. The van der Waals surface area contributed by atoms with Crippen molar-refractivity contribution in [1.82, 2.24) is 9.55 Å². The summed E-state index contributed by atoms with van der Waals surface area (Å²) >= 11 is 25.5. The largest absolute Gasteiger partial charge is 0.496 e. The van der Waals surface area contributed by atoms with Crippen LogP contribution in [0.5, 0.6) is 11.5 Å². The van der Waals surface area contributed by atoms with Gasteiger partial charge in [0.25, 0.3) is 0 Å². The summed E-state index contributed by atoms with van der Waals surface area (Å²) < 4.78 is 25.4. The van der Waals surface area contributed by atoms with Crippen molar-refractivity contribution in [2.45, 2.75) is 0 Å². The number of rotatable bonds is 7. The highest BCUT2D eigenvalue weighted by molar-refractivity contribution is 6.45. The van der Waals surface area contributed by atoms with Crippen LogP contribution < -0.4 is 9.47 Å². The Labute approximate surface area is 219 Å². The van der Waals surface area contributed by atoms with Crippen molar-refractivity contribution in [2.75, 3.05) is 14.2 Å². The Bertz CT molecular complexity index is 1480. The van der Waals surface area contributed by atoms with Gasteiger partial charge in [-0.25, -0.2) is 4.39 Å². The van der Waals surface area contributed by atoms with Gasteiger partial charge < -0.3 is 14.5 Å². The molecule has 0 aliphatic rings. The van der Waals surface area contributed by atoms with Crippen LogP contribution in [0.1, 0.15) is 32.1 Å². The van der Waals surface area contributed by atoms with E-state index in [1.54, 1.807) is 24.3 Å². The summed E-state index contributed by atoms with van der Waals surface area (Å²) in [5.41, 5.74) is 0.147. The van der Waals surface area contributed by atoms with Crippen LogP contribution in [0.25, 0.3) is 5.69 Å². The third-order valence-electron chi connectivity index (χ3n) is 5.21. The standard InChI is InChI=1S/C24H15Cl4FN2O4/c1-34-16-6-4-3-5-12(16)22(33)19-20(18(26)23(27)30-19)31-15(10-14(25)24(31)28)21(32)13-8-7-11(29)9-17(13)35-2/h3-10,30H,1-2H3. The summed E-state index contributed by atoms with van der Waals surface area (Å²) in [6, 6.07) is 11.3. The molecule has 0 radical (unpaired) electrons. The molecule has 0 unspecified atom stereocenters. The van der Waals surface area contributed by atoms with Crippen LogP contribution in [-0.2, 0) is 0 Å². The van der Waals surface area contributed by atoms with Crippen molar-refractivity contribution in [1.29, 1.82) is 0 Å². The lowest BCUT2D eigenvalue weighted by molar-refractivity contribution is 0.101. The second-order valence-corrected chi connectivity index (χ2v) is 8.70. The predicted molar refractivity (Wildman–Crippen MR) is 133 cm³/mol. The maximum absolute atomic E-state index is 13.7. The van der Waals surface area contributed by atoms with Crippen molar-refractivity contribution in [3.05, 3.63) is 97.2 Å². The molecule has 0 saturated heterocycles. The molecule has 1 N–H and O–H groups in total. The molecular weight excluding hydrogens is 541 g/mol. The van der Waals surface area contributed by atoms with Crippen molar-refractivity contribution < 1.29 is 23.5 Å². The molecule has 0 aliphatic carbocycles. The van der Waals surface area contributed by atoms with E-state index in [2.05, 4.69) is 4.98 Å². The van der Waals surface area contributed by atoms with Crippen LogP contribution in [-0.4, -0.2) is 35.3 Å². The topological polar surface area (TPSA) is 73.3 Å². The molecule has 4 rings (SSSR count). The number of aromatic amines is 1. The Balaban J connectivity index is 1.95. The summed E-state index contributed by atoms with van der Waals surface area (Å²) in [7, 11) is 2.73. The van der Waals surface area contributed by atoms with Crippen LogP contribution in [0.15, 0.2) is 48.5 Å². The number of carbonyl (C=O) groups is 2. The van der Waals surface area contributed by atoms with Crippen molar-refractivity contribution in [3.8, 4) is 17.2 Å². The number of aromatic nitrogens is 2. The van der Waals surface area contributed by atoms with Gasteiger partial charge in [0.05, 0.1) is 41.8 Å². The first-order valence-corrected chi connectivity index (χ1v) is 11.4. The fourth-order valence-electron chi connectivity index (χ4n) is 3.61. The van der Waals surface area contributed by atoms with Gasteiger partial charge in [-0.2, -0.15) is 0 Å². The highest BCUT2D eigenvalue weighted by Gasteiger charge is 2.31. The Kier molecular flexibility index (Phi) is 7.15. The first kappa shape index (κ1) is 25.1. The van der Waals surface area contributed by atoms with Crippen LogP contribution >= 0.6 is 46.4 Å². The van der Waals surface area contributed by atoms with Crippen LogP contribution in [0, 0.1) is 5.82 Å². The molecule has 180 valence electrons. The number of H-pyrrole nitrogens is 1. The van der Waals surface area contributed by atoms with E-state index in [1.807, 2.05) is 0 Å². The molecule has 35 heavy (non-hydrogen) atoms. The number of para-hydroxylation sites is 1. The minimum Gasteiger partial charge on any atom is -0.496 e. The van der Waals surface area contributed by atoms with Gasteiger partial charge in [0, 0.05) is 6.07 Å². The van der Waals surface area contributed by atoms with Crippen LogP contribution in [0.2, 0.25) is 20.4 Å². The van der Waals surface area contributed by atoms with E-state index in [0.29, 0.717) is 5.75 Å². The van der Waals surface area contributed by atoms with E-state index in [0.717, 1.165) is 12.1 Å². The summed E-state index contributed by atoms with van der Waals surface area (Å²) in [6.45, 7) is 0. The number of ether oxygens (including phenoxy) is 2. The van der Waals surface area contributed by atoms with Gasteiger partial charge >= 0.3 is 0 Å². The number of nitrogens with zero attached hydrogens (tertiary/aromatic N) is 1. The number of hydrogen-bond donors (Lipinski definition) is 1. The van der Waals surface area contributed by atoms with Crippen molar-refractivity contribution >= 4 is 58.0 Å². The quantitative estimate of drug-likeness (QED) is 0.248. The first-order chi connectivity index (χ1) is 16.7. The normalized spacial score (nSPS) is 10.9. The second kappa shape index (κ2) is 9.95. The van der Waals surface area contributed by atoms with Gasteiger partial charge in [-0.15, -0.1) is 0 Å². The van der Waals surface area contributed by atoms with Crippen LogP contribution in [0.3, 0.4) is 0 Å². The molecule has 6 nitrogen and oxygen atoms in total. The molecule has 0 fully saturated rings. The molecule has 2 heterocycles. The fourth-order valence-corrected chi connectivity index (χ4v) is 4.44. The highest BCUT2D eigenvalue weighted by Crippen LogP contribution is 2.40. The molecule has 0 saturated carbocycles. The lowest BCUT2D eigenvalue weighted by Gasteiger charge is -2.14. The van der Waals surface area contributed by atoms with Crippen molar-refractivity contribution in [2.24, 2.45) is 0 Å². The number of carbonyl (C=O) groups excluding carboxylic acids is 2. The number of ketones is 2. The third-order valence-corrected chi connectivity index (χ3v) is 6.72. The molecule has 0 atom stereocenters. The number of benzene rings is 2.